The third-order valence-electron chi connectivity index (χ3n) is 1.92. The van der Waals surface area contributed by atoms with Crippen LogP contribution < -0.4 is 10.5 Å². The molecule has 0 aliphatic heterocycles. The predicted octanol–water partition coefficient (Wildman–Crippen LogP) is 3.18. The minimum Gasteiger partial charge on any atom is -0.491 e. The van der Waals surface area contributed by atoms with Gasteiger partial charge in [-0.15, -0.1) is 0 Å². The standard InChI is InChI=1S/C12H17ClN2OS/c1-2-7-15-12(14)17-9-8-16-11-6-4-3-5-10(11)13/h3-6H,2,7-9H2,1H3,(H2,14,15). The van der Waals surface area contributed by atoms with Crippen molar-refractivity contribution in [3.63, 3.8) is 0 Å². The number of thioether (sulfide) groups is 1. The molecule has 0 amide bonds. The number of amidine groups is 1. The van der Waals surface area contributed by atoms with Crippen LogP contribution in [0, 0.1) is 0 Å². The third kappa shape index (κ3) is 5.84. The van der Waals surface area contributed by atoms with E-state index in [-0.39, 0.29) is 0 Å². The molecule has 0 aromatic heterocycles. The Balaban J connectivity index is 2.23. The molecule has 0 heterocycles. The Hall–Kier alpha value is -0.870. The van der Waals surface area contributed by atoms with Crippen LogP contribution in [0.25, 0.3) is 0 Å². The summed E-state index contributed by atoms with van der Waals surface area (Å²) in [7, 11) is 0. The number of benzene rings is 1. The van der Waals surface area contributed by atoms with E-state index >= 15 is 0 Å². The van der Waals surface area contributed by atoms with Crippen molar-refractivity contribution in [2.75, 3.05) is 18.9 Å². The molecule has 0 saturated heterocycles. The van der Waals surface area contributed by atoms with Gasteiger partial charge in [0.1, 0.15) is 5.75 Å². The van der Waals surface area contributed by atoms with Gasteiger partial charge in [-0.3, -0.25) is 4.99 Å². The van der Waals surface area contributed by atoms with Crippen LogP contribution in [-0.2, 0) is 0 Å². The van der Waals surface area contributed by atoms with Gasteiger partial charge in [0.2, 0.25) is 0 Å². The lowest BCUT2D eigenvalue weighted by Crippen LogP contribution is -2.11. The maximum absolute atomic E-state index is 5.95. The number of para-hydroxylation sites is 1. The number of nitrogens with two attached hydrogens (primary N) is 1. The minimum atomic E-state index is 0.566. The Kier molecular flexibility index (Phi) is 6.89. The van der Waals surface area contributed by atoms with Crippen molar-refractivity contribution in [1.29, 1.82) is 0 Å². The van der Waals surface area contributed by atoms with Gasteiger partial charge >= 0.3 is 0 Å². The summed E-state index contributed by atoms with van der Waals surface area (Å²) in [6.45, 7) is 3.42. The molecule has 1 aromatic carbocycles. The van der Waals surface area contributed by atoms with E-state index in [2.05, 4.69) is 11.9 Å². The lowest BCUT2D eigenvalue weighted by Gasteiger charge is -2.07. The van der Waals surface area contributed by atoms with Crippen LogP contribution in [0.3, 0.4) is 0 Å². The second-order valence-corrected chi connectivity index (χ2v) is 4.87. The molecule has 0 aliphatic carbocycles. The van der Waals surface area contributed by atoms with Crippen LogP contribution in [0.2, 0.25) is 5.02 Å². The molecule has 94 valence electrons. The predicted molar refractivity (Wildman–Crippen MR) is 76.2 cm³/mol. The summed E-state index contributed by atoms with van der Waals surface area (Å²) in [5.41, 5.74) is 5.70. The largest absolute Gasteiger partial charge is 0.491 e. The van der Waals surface area contributed by atoms with E-state index in [0.29, 0.717) is 22.5 Å². The highest BCUT2D eigenvalue weighted by molar-refractivity contribution is 8.13. The molecule has 3 nitrogen and oxygen atoms in total. The SMILES string of the molecule is CCCN=C(N)SCCOc1ccccc1Cl. The second kappa shape index (κ2) is 8.25. The summed E-state index contributed by atoms with van der Waals surface area (Å²) in [4.78, 5) is 4.18. The number of nitrogens with zero attached hydrogens (tertiary/aromatic N) is 1. The molecule has 1 aromatic rings. The van der Waals surface area contributed by atoms with E-state index in [4.69, 9.17) is 22.1 Å². The molecule has 0 fully saturated rings. The molecule has 0 saturated carbocycles. The van der Waals surface area contributed by atoms with Gasteiger partial charge in [-0.05, 0) is 18.6 Å². The fourth-order valence-corrected chi connectivity index (χ4v) is 1.88. The Labute approximate surface area is 111 Å². The topological polar surface area (TPSA) is 47.6 Å². The summed E-state index contributed by atoms with van der Waals surface area (Å²) in [5, 5.41) is 1.25. The van der Waals surface area contributed by atoms with Gasteiger partial charge in [0.15, 0.2) is 5.17 Å². The molecule has 0 unspecified atom stereocenters. The average Bonchev–Trinajstić information content (AvgIpc) is 2.34. The quantitative estimate of drug-likeness (QED) is 0.492. The highest BCUT2D eigenvalue weighted by Gasteiger charge is 1.99. The highest BCUT2D eigenvalue weighted by Crippen LogP contribution is 2.23. The zero-order valence-electron chi connectivity index (χ0n) is 9.86. The van der Waals surface area contributed by atoms with Crippen molar-refractivity contribution >= 4 is 28.5 Å². The number of hydrogen-bond acceptors (Lipinski definition) is 3. The average molecular weight is 273 g/mol. The lowest BCUT2D eigenvalue weighted by atomic mass is 10.3. The summed E-state index contributed by atoms with van der Waals surface area (Å²) < 4.78 is 5.53. The van der Waals surface area contributed by atoms with Gasteiger partial charge in [0.25, 0.3) is 0 Å². The Bertz CT molecular complexity index is 371. The molecule has 5 heteroatoms. The Morgan fingerprint density at radius 1 is 1.47 bits per heavy atom. The number of ether oxygens (including phenoxy) is 1. The molecular formula is C12H17ClN2OS. The number of hydrogen-bond donors (Lipinski definition) is 1. The highest BCUT2D eigenvalue weighted by atomic mass is 35.5. The van der Waals surface area contributed by atoms with Crippen molar-refractivity contribution in [3.05, 3.63) is 29.3 Å². The van der Waals surface area contributed by atoms with Crippen molar-refractivity contribution in [2.45, 2.75) is 13.3 Å². The first-order valence-electron chi connectivity index (χ1n) is 5.54. The van der Waals surface area contributed by atoms with Crippen molar-refractivity contribution in [2.24, 2.45) is 10.7 Å². The van der Waals surface area contributed by atoms with E-state index in [9.17, 15) is 0 Å². The monoisotopic (exact) mass is 272 g/mol. The van der Waals surface area contributed by atoms with Crippen LogP contribution in [-0.4, -0.2) is 24.1 Å². The van der Waals surface area contributed by atoms with Gasteiger partial charge in [0, 0.05) is 12.3 Å². The van der Waals surface area contributed by atoms with E-state index < -0.39 is 0 Å². The summed E-state index contributed by atoms with van der Waals surface area (Å²) in [6.07, 6.45) is 1.01. The number of halogens is 1. The normalized spacial score (nSPS) is 11.5. The first kappa shape index (κ1) is 14.2. The molecule has 17 heavy (non-hydrogen) atoms. The number of rotatable bonds is 6. The molecule has 2 N–H and O–H groups in total. The fraction of sp³-hybridized carbons (Fsp3) is 0.417. The van der Waals surface area contributed by atoms with E-state index in [1.807, 2.05) is 18.2 Å². The van der Waals surface area contributed by atoms with Crippen LogP contribution in [0.15, 0.2) is 29.3 Å². The van der Waals surface area contributed by atoms with Crippen LogP contribution >= 0.6 is 23.4 Å². The Morgan fingerprint density at radius 3 is 2.94 bits per heavy atom. The van der Waals surface area contributed by atoms with Crippen molar-refractivity contribution in [1.82, 2.24) is 0 Å². The van der Waals surface area contributed by atoms with Gasteiger partial charge in [-0.2, -0.15) is 0 Å². The van der Waals surface area contributed by atoms with Crippen molar-refractivity contribution < 1.29 is 4.74 Å². The van der Waals surface area contributed by atoms with E-state index in [1.54, 1.807) is 6.07 Å². The first-order valence-corrected chi connectivity index (χ1v) is 6.90. The first-order chi connectivity index (χ1) is 8.24. The van der Waals surface area contributed by atoms with Crippen LogP contribution in [0.1, 0.15) is 13.3 Å². The second-order valence-electron chi connectivity index (χ2n) is 3.35. The molecule has 0 atom stereocenters. The third-order valence-corrected chi connectivity index (χ3v) is 3.03. The van der Waals surface area contributed by atoms with Gasteiger partial charge in [0.05, 0.1) is 11.6 Å². The molecular weight excluding hydrogens is 256 g/mol. The van der Waals surface area contributed by atoms with Crippen molar-refractivity contribution in [3.8, 4) is 5.75 Å². The summed E-state index contributed by atoms with van der Waals surface area (Å²) in [6, 6.07) is 7.42. The van der Waals surface area contributed by atoms with Gasteiger partial charge < -0.3 is 10.5 Å². The molecule has 0 aliphatic rings. The van der Waals surface area contributed by atoms with Crippen LogP contribution in [0.4, 0.5) is 0 Å². The van der Waals surface area contributed by atoms with Gasteiger partial charge in [-0.1, -0.05) is 42.4 Å². The number of aliphatic imine (C=N–C) groups is 1. The van der Waals surface area contributed by atoms with E-state index in [0.717, 1.165) is 18.7 Å². The fourth-order valence-electron chi connectivity index (χ4n) is 1.13. The zero-order chi connectivity index (χ0) is 12.5. The Morgan fingerprint density at radius 2 is 2.24 bits per heavy atom. The smallest absolute Gasteiger partial charge is 0.154 e. The maximum Gasteiger partial charge on any atom is 0.154 e. The lowest BCUT2D eigenvalue weighted by molar-refractivity contribution is 0.344. The summed E-state index contributed by atoms with van der Waals surface area (Å²) >= 11 is 7.46. The van der Waals surface area contributed by atoms with Crippen LogP contribution in [0.5, 0.6) is 5.75 Å². The zero-order valence-corrected chi connectivity index (χ0v) is 11.4. The molecule has 0 bridgehead atoms. The van der Waals surface area contributed by atoms with E-state index in [1.165, 1.54) is 11.8 Å². The molecule has 0 spiro atoms. The molecule has 1 rings (SSSR count). The maximum atomic E-state index is 5.95. The van der Waals surface area contributed by atoms with Gasteiger partial charge in [-0.25, -0.2) is 0 Å². The summed E-state index contributed by atoms with van der Waals surface area (Å²) in [5.74, 6) is 1.48. The minimum absolute atomic E-state index is 0.566. The molecule has 0 radical (unpaired) electrons.